The predicted molar refractivity (Wildman–Crippen MR) is 100 cm³/mol. The van der Waals surface area contributed by atoms with Gasteiger partial charge < -0.3 is 5.32 Å². The van der Waals surface area contributed by atoms with E-state index in [1.807, 2.05) is 11.4 Å². The van der Waals surface area contributed by atoms with Gasteiger partial charge in [0.15, 0.2) is 5.78 Å². The van der Waals surface area contributed by atoms with Crippen molar-refractivity contribution in [1.82, 2.24) is 0 Å². The SMILES string of the molecule is CC(=O)c1csc(-c2cc(C)c3c(c2Cl)C(C)CC(C)(C)N3)c1. The molecule has 1 N–H and O–H groups in total. The van der Waals surface area contributed by atoms with E-state index in [1.165, 1.54) is 16.8 Å². The Balaban J connectivity index is 2.16. The average Bonchev–Trinajstić information content (AvgIpc) is 2.90. The fourth-order valence-corrected chi connectivity index (χ4v) is 5.01. The summed E-state index contributed by atoms with van der Waals surface area (Å²) in [6.07, 6.45) is 1.05. The number of carbonyl (C=O) groups excluding carboxylic acids is 1. The second-order valence-electron chi connectivity index (χ2n) is 7.21. The summed E-state index contributed by atoms with van der Waals surface area (Å²) in [5, 5.41) is 6.37. The Morgan fingerprint density at radius 3 is 2.70 bits per heavy atom. The van der Waals surface area contributed by atoms with E-state index < -0.39 is 0 Å². The molecule has 1 aromatic heterocycles. The highest BCUT2D eigenvalue weighted by atomic mass is 35.5. The van der Waals surface area contributed by atoms with Gasteiger partial charge in [-0.25, -0.2) is 0 Å². The molecular weight excluding hydrogens is 326 g/mol. The number of hydrogen-bond acceptors (Lipinski definition) is 3. The van der Waals surface area contributed by atoms with E-state index in [9.17, 15) is 4.79 Å². The van der Waals surface area contributed by atoms with Crippen molar-refractivity contribution in [3.05, 3.63) is 39.2 Å². The molecule has 0 bridgehead atoms. The van der Waals surface area contributed by atoms with Crippen molar-refractivity contribution in [2.75, 3.05) is 5.32 Å². The van der Waals surface area contributed by atoms with Crippen LogP contribution >= 0.6 is 22.9 Å². The smallest absolute Gasteiger partial charge is 0.160 e. The fraction of sp³-hybridized carbons (Fsp3) is 0.421. The minimum atomic E-state index is 0.0761. The summed E-state index contributed by atoms with van der Waals surface area (Å²) in [5.41, 5.74) is 5.45. The van der Waals surface area contributed by atoms with Crippen LogP contribution in [-0.4, -0.2) is 11.3 Å². The van der Waals surface area contributed by atoms with Gasteiger partial charge in [-0.2, -0.15) is 0 Å². The molecule has 2 aromatic rings. The first kappa shape index (κ1) is 16.5. The third-order valence-electron chi connectivity index (χ3n) is 4.54. The van der Waals surface area contributed by atoms with Gasteiger partial charge >= 0.3 is 0 Å². The van der Waals surface area contributed by atoms with Crippen LogP contribution < -0.4 is 5.32 Å². The quantitative estimate of drug-likeness (QED) is 0.648. The average molecular weight is 348 g/mol. The predicted octanol–water partition coefficient (Wildman–Crippen LogP) is 6.28. The highest BCUT2D eigenvalue weighted by Gasteiger charge is 2.33. The Bertz CT molecular complexity index is 791. The molecule has 122 valence electrons. The summed E-state index contributed by atoms with van der Waals surface area (Å²) in [4.78, 5) is 12.6. The topological polar surface area (TPSA) is 29.1 Å². The maximum atomic E-state index is 11.6. The summed E-state index contributed by atoms with van der Waals surface area (Å²) in [6.45, 7) is 10.4. The molecule has 0 spiro atoms. The first-order chi connectivity index (χ1) is 10.7. The van der Waals surface area contributed by atoms with E-state index in [0.717, 1.165) is 27.4 Å². The van der Waals surface area contributed by atoms with Crippen LogP contribution in [0.15, 0.2) is 17.5 Å². The standard InChI is InChI=1S/C19H22ClNOS/c1-10-6-14(15-7-13(9-23-15)12(3)22)17(20)16-11(2)8-19(4,5)21-18(10)16/h6-7,9,11,21H,8H2,1-5H3. The number of fused-ring (bicyclic) bond motifs is 1. The third kappa shape index (κ3) is 2.92. The molecule has 2 heterocycles. The number of Topliss-reactive ketones (excluding diaryl/α,β-unsaturated/α-hetero) is 1. The van der Waals surface area contributed by atoms with Crippen LogP contribution in [0.1, 0.15) is 61.5 Å². The normalized spacial score (nSPS) is 19.1. The first-order valence-corrected chi connectivity index (χ1v) is 9.16. The molecule has 1 aliphatic heterocycles. The van der Waals surface area contributed by atoms with Crippen molar-refractivity contribution in [2.45, 2.75) is 52.5 Å². The van der Waals surface area contributed by atoms with Gasteiger partial charge in [-0.3, -0.25) is 4.79 Å². The Labute approximate surface area is 146 Å². The zero-order valence-electron chi connectivity index (χ0n) is 14.2. The van der Waals surface area contributed by atoms with Gasteiger partial charge in [0, 0.05) is 32.6 Å². The van der Waals surface area contributed by atoms with Crippen LogP contribution in [0.2, 0.25) is 5.02 Å². The molecule has 2 nitrogen and oxygen atoms in total. The van der Waals surface area contributed by atoms with Gasteiger partial charge in [0.2, 0.25) is 0 Å². The van der Waals surface area contributed by atoms with E-state index >= 15 is 0 Å². The molecule has 23 heavy (non-hydrogen) atoms. The first-order valence-electron chi connectivity index (χ1n) is 7.90. The molecule has 1 aliphatic rings. The van der Waals surface area contributed by atoms with Crippen molar-refractivity contribution in [1.29, 1.82) is 0 Å². The van der Waals surface area contributed by atoms with Crippen molar-refractivity contribution >= 4 is 34.4 Å². The highest BCUT2D eigenvalue weighted by molar-refractivity contribution is 7.14. The van der Waals surface area contributed by atoms with Gasteiger partial charge in [-0.1, -0.05) is 18.5 Å². The number of ketones is 1. The lowest BCUT2D eigenvalue weighted by Crippen LogP contribution is -2.37. The minimum Gasteiger partial charge on any atom is -0.380 e. The zero-order valence-corrected chi connectivity index (χ0v) is 15.8. The minimum absolute atomic E-state index is 0.0761. The number of rotatable bonds is 2. The van der Waals surface area contributed by atoms with Crippen molar-refractivity contribution in [3.8, 4) is 10.4 Å². The van der Waals surface area contributed by atoms with Crippen LogP contribution in [0.25, 0.3) is 10.4 Å². The van der Waals surface area contributed by atoms with Crippen molar-refractivity contribution in [3.63, 3.8) is 0 Å². The van der Waals surface area contributed by atoms with Gasteiger partial charge in [-0.05, 0) is 63.3 Å². The van der Waals surface area contributed by atoms with Crippen LogP contribution in [0.3, 0.4) is 0 Å². The number of hydrogen-bond donors (Lipinski definition) is 1. The molecule has 1 unspecified atom stereocenters. The molecule has 4 heteroatoms. The maximum absolute atomic E-state index is 11.6. The Kier molecular flexibility index (Phi) is 4.06. The molecule has 0 amide bonds. The number of nitrogens with one attached hydrogen (secondary N) is 1. The highest BCUT2D eigenvalue weighted by Crippen LogP contribution is 2.48. The largest absolute Gasteiger partial charge is 0.380 e. The van der Waals surface area contributed by atoms with Crippen LogP contribution in [-0.2, 0) is 0 Å². The second kappa shape index (κ2) is 5.64. The zero-order chi connectivity index (χ0) is 16.9. The Morgan fingerprint density at radius 2 is 2.09 bits per heavy atom. The lowest BCUT2D eigenvalue weighted by Gasteiger charge is -2.39. The van der Waals surface area contributed by atoms with Crippen LogP contribution in [0.4, 0.5) is 5.69 Å². The van der Waals surface area contributed by atoms with E-state index in [2.05, 4.69) is 39.1 Å². The fourth-order valence-electron chi connectivity index (χ4n) is 3.55. The van der Waals surface area contributed by atoms with Gasteiger partial charge in [-0.15, -0.1) is 11.3 Å². The number of carbonyl (C=O) groups is 1. The van der Waals surface area contributed by atoms with Crippen LogP contribution in [0, 0.1) is 6.92 Å². The van der Waals surface area contributed by atoms with Crippen molar-refractivity contribution < 1.29 is 4.79 Å². The van der Waals surface area contributed by atoms with Crippen molar-refractivity contribution in [2.24, 2.45) is 0 Å². The van der Waals surface area contributed by atoms with E-state index in [0.29, 0.717) is 5.92 Å². The maximum Gasteiger partial charge on any atom is 0.160 e. The number of halogens is 1. The summed E-state index contributed by atoms with van der Waals surface area (Å²) >= 11 is 8.37. The summed E-state index contributed by atoms with van der Waals surface area (Å²) in [5.74, 6) is 0.495. The lowest BCUT2D eigenvalue weighted by atomic mass is 9.80. The van der Waals surface area contributed by atoms with E-state index in [1.54, 1.807) is 18.3 Å². The third-order valence-corrected chi connectivity index (χ3v) is 5.91. The number of thiophene rings is 1. The summed E-state index contributed by atoms with van der Waals surface area (Å²) in [7, 11) is 0. The number of anilines is 1. The molecule has 0 saturated carbocycles. The summed E-state index contributed by atoms with van der Waals surface area (Å²) < 4.78 is 0. The monoisotopic (exact) mass is 347 g/mol. The Hall–Kier alpha value is -1.32. The molecule has 0 aliphatic carbocycles. The molecule has 0 radical (unpaired) electrons. The molecule has 1 atom stereocenters. The Morgan fingerprint density at radius 1 is 1.39 bits per heavy atom. The van der Waals surface area contributed by atoms with Crippen LogP contribution in [0.5, 0.6) is 0 Å². The van der Waals surface area contributed by atoms with Gasteiger partial charge in [0.25, 0.3) is 0 Å². The van der Waals surface area contributed by atoms with Gasteiger partial charge in [0.05, 0.1) is 5.02 Å². The lowest BCUT2D eigenvalue weighted by molar-refractivity contribution is 0.101. The number of aryl methyl sites for hydroxylation is 1. The molecular formula is C19H22ClNOS. The van der Waals surface area contributed by atoms with E-state index in [4.69, 9.17) is 11.6 Å². The molecule has 0 saturated heterocycles. The number of benzene rings is 1. The summed E-state index contributed by atoms with van der Waals surface area (Å²) in [6, 6.07) is 4.09. The second-order valence-corrected chi connectivity index (χ2v) is 8.50. The van der Waals surface area contributed by atoms with Gasteiger partial charge in [0.1, 0.15) is 0 Å². The van der Waals surface area contributed by atoms with E-state index in [-0.39, 0.29) is 11.3 Å². The molecule has 3 rings (SSSR count). The molecule has 1 aromatic carbocycles. The molecule has 0 fully saturated rings.